The molecular formula is C12H20ClN3O. The van der Waals surface area contributed by atoms with Crippen molar-refractivity contribution in [3.8, 4) is 0 Å². The first-order chi connectivity index (χ1) is 8.11. The Balaban J connectivity index is 2.33. The predicted octanol–water partition coefficient (Wildman–Crippen LogP) is 2.78. The van der Waals surface area contributed by atoms with Crippen molar-refractivity contribution in [2.75, 3.05) is 25.1 Å². The number of hydrogen-bond donors (Lipinski definition) is 1. The Bertz CT molecular complexity index is 345. The molecule has 0 amide bonds. The average molecular weight is 258 g/mol. The van der Waals surface area contributed by atoms with E-state index < -0.39 is 0 Å². The largest absolute Gasteiger partial charge is 0.379 e. The lowest BCUT2D eigenvalue weighted by molar-refractivity contribution is 0.118. The van der Waals surface area contributed by atoms with Gasteiger partial charge in [0.15, 0.2) is 0 Å². The number of nitrogens with one attached hydrogen (secondary N) is 1. The molecule has 0 radical (unpaired) electrons. The molecule has 5 heteroatoms. The minimum atomic E-state index is 0.474. The Morgan fingerprint density at radius 2 is 2.18 bits per heavy atom. The third-order valence-electron chi connectivity index (χ3n) is 2.06. The first-order valence-electron chi connectivity index (χ1n) is 5.97. The van der Waals surface area contributed by atoms with Gasteiger partial charge < -0.3 is 10.1 Å². The molecule has 0 aliphatic heterocycles. The minimum Gasteiger partial charge on any atom is -0.379 e. The second-order valence-corrected chi connectivity index (χ2v) is 4.63. The van der Waals surface area contributed by atoms with Crippen molar-refractivity contribution in [2.24, 2.45) is 5.92 Å². The van der Waals surface area contributed by atoms with Crippen LogP contribution in [0.3, 0.4) is 0 Å². The van der Waals surface area contributed by atoms with Crippen molar-refractivity contribution in [3.63, 3.8) is 0 Å². The van der Waals surface area contributed by atoms with Gasteiger partial charge >= 0.3 is 0 Å². The predicted molar refractivity (Wildman–Crippen MR) is 70.6 cm³/mol. The number of anilines is 1. The first-order valence-corrected chi connectivity index (χ1v) is 6.34. The SMILES string of the molecule is CCc1nc(Cl)cc(NCCOCC(C)C)n1. The van der Waals surface area contributed by atoms with Crippen molar-refractivity contribution in [1.82, 2.24) is 9.97 Å². The number of aromatic nitrogens is 2. The maximum Gasteiger partial charge on any atom is 0.134 e. The summed E-state index contributed by atoms with van der Waals surface area (Å²) in [6.45, 7) is 8.44. The van der Waals surface area contributed by atoms with Crippen LogP contribution in [0.5, 0.6) is 0 Å². The van der Waals surface area contributed by atoms with E-state index in [1.807, 2.05) is 6.92 Å². The third-order valence-corrected chi connectivity index (χ3v) is 2.25. The third kappa shape index (κ3) is 5.84. The summed E-state index contributed by atoms with van der Waals surface area (Å²) in [7, 11) is 0. The van der Waals surface area contributed by atoms with Crippen LogP contribution in [0.4, 0.5) is 5.82 Å². The van der Waals surface area contributed by atoms with Crippen molar-refractivity contribution < 1.29 is 4.74 Å². The summed E-state index contributed by atoms with van der Waals surface area (Å²) >= 11 is 5.89. The second-order valence-electron chi connectivity index (χ2n) is 4.24. The zero-order valence-electron chi connectivity index (χ0n) is 10.7. The molecule has 0 unspecified atom stereocenters. The molecular weight excluding hydrogens is 238 g/mol. The Morgan fingerprint density at radius 1 is 1.41 bits per heavy atom. The van der Waals surface area contributed by atoms with Crippen molar-refractivity contribution in [2.45, 2.75) is 27.2 Å². The molecule has 0 aliphatic carbocycles. The molecule has 0 bridgehead atoms. The fourth-order valence-corrected chi connectivity index (χ4v) is 1.48. The van der Waals surface area contributed by atoms with Crippen LogP contribution >= 0.6 is 11.6 Å². The van der Waals surface area contributed by atoms with Gasteiger partial charge in [0.1, 0.15) is 16.8 Å². The zero-order valence-corrected chi connectivity index (χ0v) is 11.4. The smallest absolute Gasteiger partial charge is 0.134 e. The van der Waals surface area contributed by atoms with E-state index in [1.165, 1.54) is 0 Å². The Labute approximate surface area is 108 Å². The maximum atomic E-state index is 5.89. The summed E-state index contributed by atoms with van der Waals surface area (Å²) in [5, 5.41) is 3.65. The highest BCUT2D eigenvalue weighted by molar-refractivity contribution is 6.29. The fraction of sp³-hybridized carbons (Fsp3) is 0.667. The fourth-order valence-electron chi connectivity index (χ4n) is 1.28. The summed E-state index contributed by atoms with van der Waals surface area (Å²) in [5.74, 6) is 2.08. The van der Waals surface area contributed by atoms with E-state index in [0.717, 1.165) is 31.2 Å². The van der Waals surface area contributed by atoms with Gasteiger partial charge in [-0.1, -0.05) is 32.4 Å². The lowest BCUT2D eigenvalue weighted by atomic mass is 10.2. The highest BCUT2D eigenvalue weighted by Crippen LogP contribution is 2.11. The van der Waals surface area contributed by atoms with Crippen molar-refractivity contribution >= 4 is 17.4 Å². The van der Waals surface area contributed by atoms with Crippen LogP contribution in [0.2, 0.25) is 5.15 Å². The molecule has 17 heavy (non-hydrogen) atoms. The molecule has 96 valence electrons. The van der Waals surface area contributed by atoms with Crippen molar-refractivity contribution in [1.29, 1.82) is 0 Å². The topological polar surface area (TPSA) is 47.0 Å². The normalized spacial score (nSPS) is 10.9. The van der Waals surface area contributed by atoms with Crippen LogP contribution in [0.15, 0.2) is 6.07 Å². The minimum absolute atomic E-state index is 0.474. The van der Waals surface area contributed by atoms with Crippen LogP contribution < -0.4 is 5.32 Å². The highest BCUT2D eigenvalue weighted by Gasteiger charge is 2.01. The Hall–Kier alpha value is -0.870. The highest BCUT2D eigenvalue weighted by atomic mass is 35.5. The first kappa shape index (κ1) is 14.2. The van der Waals surface area contributed by atoms with Gasteiger partial charge in [-0.3, -0.25) is 0 Å². The molecule has 1 aromatic heterocycles. The van der Waals surface area contributed by atoms with Crippen LogP contribution in [0.25, 0.3) is 0 Å². The summed E-state index contributed by atoms with van der Waals surface area (Å²) in [4.78, 5) is 8.43. The van der Waals surface area contributed by atoms with E-state index in [2.05, 4.69) is 29.1 Å². The van der Waals surface area contributed by atoms with E-state index >= 15 is 0 Å². The van der Waals surface area contributed by atoms with Gasteiger partial charge in [0, 0.05) is 25.6 Å². The van der Waals surface area contributed by atoms with E-state index in [4.69, 9.17) is 16.3 Å². The molecule has 1 rings (SSSR count). The van der Waals surface area contributed by atoms with Crippen molar-refractivity contribution in [3.05, 3.63) is 17.0 Å². The number of nitrogens with zero attached hydrogens (tertiary/aromatic N) is 2. The molecule has 1 N–H and O–H groups in total. The lowest BCUT2D eigenvalue weighted by Gasteiger charge is -2.09. The molecule has 4 nitrogen and oxygen atoms in total. The summed E-state index contributed by atoms with van der Waals surface area (Å²) < 4.78 is 5.46. The Kier molecular flexibility index (Phi) is 6.22. The number of hydrogen-bond acceptors (Lipinski definition) is 4. The molecule has 0 atom stereocenters. The summed E-state index contributed by atoms with van der Waals surface area (Å²) in [6.07, 6.45) is 0.777. The summed E-state index contributed by atoms with van der Waals surface area (Å²) in [6, 6.07) is 1.73. The van der Waals surface area contributed by atoms with Gasteiger partial charge in [-0.25, -0.2) is 9.97 Å². The molecule has 0 fully saturated rings. The average Bonchev–Trinajstić information content (AvgIpc) is 2.27. The van der Waals surface area contributed by atoms with Gasteiger partial charge in [0.05, 0.1) is 6.61 Å². The van der Waals surface area contributed by atoms with Crippen LogP contribution in [-0.2, 0) is 11.2 Å². The molecule has 0 saturated heterocycles. The zero-order chi connectivity index (χ0) is 12.7. The molecule has 0 saturated carbocycles. The van der Waals surface area contributed by atoms with Gasteiger partial charge in [-0.2, -0.15) is 0 Å². The molecule has 0 spiro atoms. The van der Waals surface area contributed by atoms with Gasteiger partial charge in [0.2, 0.25) is 0 Å². The van der Waals surface area contributed by atoms with E-state index in [9.17, 15) is 0 Å². The van der Waals surface area contributed by atoms with E-state index in [0.29, 0.717) is 17.7 Å². The van der Waals surface area contributed by atoms with E-state index in [-0.39, 0.29) is 0 Å². The summed E-state index contributed by atoms with van der Waals surface area (Å²) in [5.41, 5.74) is 0. The monoisotopic (exact) mass is 257 g/mol. The number of ether oxygens (including phenoxy) is 1. The van der Waals surface area contributed by atoms with Crippen LogP contribution in [0, 0.1) is 5.92 Å². The maximum absolute atomic E-state index is 5.89. The molecule has 0 aliphatic rings. The molecule has 1 aromatic rings. The quantitative estimate of drug-likeness (QED) is 0.603. The van der Waals surface area contributed by atoms with Crippen LogP contribution in [0.1, 0.15) is 26.6 Å². The molecule has 0 aromatic carbocycles. The van der Waals surface area contributed by atoms with Crippen LogP contribution in [-0.4, -0.2) is 29.7 Å². The standard InChI is InChI=1S/C12H20ClN3O/c1-4-11-15-10(13)7-12(16-11)14-5-6-17-8-9(2)3/h7,9H,4-6,8H2,1-3H3,(H,14,15,16). The van der Waals surface area contributed by atoms with Gasteiger partial charge in [0.25, 0.3) is 0 Å². The van der Waals surface area contributed by atoms with E-state index in [1.54, 1.807) is 6.07 Å². The van der Waals surface area contributed by atoms with Gasteiger partial charge in [-0.05, 0) is 5.92 Å². The molecule has 1 heterocycles. The number of halogens is 1. The second kappa shape index (κ2) is 7.45. The number of aryl methyl sites for hydroxylation is 1. The Morgan fingerprint density at radius 3 is 2.82 bits per heavy atom. The lowest BCUT2D eigenvalue weighted by Crippen LogP contribution is -2.13. The number of rotatable bonds is 7. The van der Waals surface area contributed by atoms with Gasteiger partial charge in [-0.15, -0.1) is 0 Å².